The smallest absolute Gasteiger partial charge is 0.248 e. The lowest BCUT2D eigenvalue weighted by Crippen LogP contribution is -2.44. The fourth-order valence-electron chi connectivity index (χ4n) is 2.89. The molecule has 0 spiro atoms. The summed E-state index contributed by atoms with van der Waals surface area (Å²) >= 11 is 0. The maximum atomic E-state index is 12.2. The van der Waals surface area contributed by atoms with Gasteiger partial charge in [-0.15, -0.1) is 0 Å². The molecule has 116 valence electrons. The molecule has 2 rings (SSSR count). The maximum Gasteiger partial charge on any atom is 0.248 e. The summed E-state index contributed by atoms with van der Waals surface area (Å²) in [5.41, 5.74) is 0. The number of nitrogens with zero attached hydrogens (tertiary/aromatic N) is 1. The van der Waals surface area contributed by atoms with Crippen molar-refractivity contribution in [2.24, 2.45) is 0 Å². The van der Waals surface area contributed by atoms with E-state index in [9.17, 15) is 13.2 Å². The summed E-state index contributed by atoms with van der Waals surface area (Å²) < 4.78 is 28.7. The van der Waals surface area contributed by atoms with Gasteiger partial charge in [-0.2, -0.15) is 0 Å². The monoisotopic (exact) mass is 304 g/mol. The van der Waals surface area contributed by atoms with E-state index in [1.54, 1.807) is 4.90 Å². The number of sulfone groups is 1. The van der Waals surface area contributed by atoms with Crippen molar-refractivity contribution in [2.75, 3.05) is 37.7 Å². The molecule has 2 aliphatic heterocycles. The molecule has 2 saturated heterocycles. The van der Waals surface area contributed by atoms with Crippen molar-refractivity contribution < 1.29 is 17.9 Å². The van der Waals surface area contributed by atoms with E-state index in [1.165, 1.54) is 0 Å². The Bertz CT molecular complexity index is 432. The van der Waals surface area contributed by atoms with Crippen molar-refractivity contribution in [3.05, 3.63) is 0 Å². The molecule has 0 radical (unpaired) electrons. The van der Waals surface area contributed by atoms with Crippen LogP contribution in [0.25, 0.3) is 0 Å². The second kappa shape index (κ2) is 6.87. The number of hydrogen-bond acceptors (Lipinski definition) is 5. The molecular formula is C13H24N2O4S. The van der Waals surface area contributed by atoms with Crippen LogP contribution in [-0.2, 0) is 19.4 Å². The van der Waals surface area contributed by atoms with Crippen LogP contribution in [0, 0.1) is 0 Å². The summed E-state index contributed by atoms with van der Waals surface area (Å²) in [6, 6.07) is -0.172. The number of piperidine rings is 1. The van der Waals surface area contributed by atoms with Gasteiger partial charge in [-0.3, -0.25) is 4.79 Å². The number of nitrogens with one attached hydrogen (secondary N) is 1. The van der Waals surface area contributed by atoms with Gasteiger partial charge in [0.05, 0.1) is 17.6 Å². The van der Waals surface area contributed by atoms with Crippen LogP contribution in [0.4, 0.5) is 0 Å². The Kier molecular flexibility index (Phi) is 5.40. The highest BCUT2D eigenvalue weighted by Crippen LogP contribution is 2.18. The van der Waals surface area contributed by atoms with E-state index in [2.05, 4.69) is 5.32 Å². The van der Waals surface area contributed by atoms with Crippen LogP contribution in [0.1, 0.15) is 26.2 Å². The van der Waals surface area contributed by atoms with Crippen LogP contribution in [0.15, 0.2) is 0 Å². The average Bonchev–Trinajstić information content (AvgIpc) is 2.78. The lowest BCUT2D eigenvalue weighted by Gasteiger charge is -2.28. The van der Waals surface area contributed by atoms with Gasteiger partial charge in [0.25, 0.3) is 0 Å². The van der Waals surface area contributed by atoms with Crippen molar-refractivity contribution in [2.45, 2.75) is 38.3 Å². The highest BCUT2D eigenvalue weighted by molar-refractivity contribution is 7.91. The van der Waals surface area contributed by atoms with Gasteiger partial charge in [0, 0.05) is 12.6 Å². The Morgan fingerprint density at radius 1 is 1.30 bits per heavy atom. The van der Waals surface area contributed by atoms with Crippen LogP contribution >= 0.6 is 0 Å². The van der Waals surface area contributed by atoms with Gasteiger partial charge in [-0.1, -0.05) is 0 Å². The minimum Gasteiger partial charge on any atom is -0.368 e. The van der Waals surface area contributed by atoms with Crippen LogP contribution in [0.3, 0.4) is 0 Å². The minimum atomic E-state index is -2.96. The molecule has 2 aliphatic rings. The van der Waals surface area contributed by atoms with Crippen LogP contribution in [0.2, 0.25) is 0 Å². The second-order valence-electron chi connectivity index (χ2n) is 5.50. The fourth-order valence-corrected chi connectivity index (χ4v) is 4.62. The predicted octanol–water partition coefficient (Wildman–Crippen LogP) is -0.209. The molecule has 0 aromatic rings. The summed E-state index contributed by atoms with van der Waals surface area (Å²) in [6.07, 6.45) is 2.55. The molecule has 2 fully saturated rings. The second-order valence-corrected chi connectivity index (χ2v) is 7.73. The molecule has 0 saturated carbocycles. The highest BCUT2D eigenvalue weighted by atomic mass is 32.2. The van der Waals surface area contributed by atoms with Gasteiger partial charge in [-0.25, -0.2) is 8.42 Å². The van der Waals surface area contributed by atoms with Gasteiger partial charge < -0.3 is 15.0 Å². The number of carbonyl (C=O) groups excluding carboxylic acids is 1. The quantitative estimate of drug-likeness (QED) is 0.761. The van der Waals surface area contributed by atoms with Gasteiger partial charge in [-0.05, 0) is 39.3 Å². The van der Waals surface area contributed by atoms with Crippen molar-refractivity contribution >= 4 is 15.7 Å². The third-order valence-corrected chi connectivity index (χ3v) is 5.79. The highest BCUT2D eigenvalue weighted by Gasteiger charge is 2.34. The number of carbonyl (C=O) groups is 1. The molecule has 0 aliphatic carbocycles. The normalized spacial score (nSPS) is 26.6. The maximum absolute atomic E-state index is 12.2. The molecule has 2 heterocycles. The van der Waals surface area contributed by atoms with Crippen LogP contribution in [-0.4, -0.2) is 69.1 Å². The zero-order chi connectivity index (χ0) is 14.6. The Morgan fingerprint density at radius 3 is 2.55 bits per heavy atom. The summed E-state index contributed by atoms with van der Waals surface area (Å²) in [6.45, 7) is 4.34. The molecule has 1 atom stereocenters. The molecule has 0 aromatic heterocycles. The van der Waals surface area contributed by atoms with E-state index < -0.39 is 9.84 Å². The van der Waals surface area contributed by atoms with E-state index in [0.717, 1.165) is 25.9 Å². The standard InChI is InChI=1S/C13H24N2O4S/c1-2-15(11-5-8-20(17,18)10-11)13(16)9-19-12-3-6-14-7-4-12/h11-12,14H,2-10H2,1H3. The van der Waals surface area contributed by atoms with E-state index in [1.807, 2.05) is 6.92 Å². The average molecular weight is 304 g/mol. The van der Waals surface area contributed by atoms with E-state index >= 15 is 0 Å². The number of hydrogen-bond donors (Lipinski definition) is 1. The third kappa shape index (κ3) is 4.17. The lowest BCUT2D eigenvalue weighted by atomic mass is 10.1. The molecule has 7 heteroatoms. The largest absolute Gasteiger partial charge is 0.368 e. The zero-order valence-electron chi connectivity index (χ0n) is 12.0. The number of ether oxygens (including phenoxy) is 1. The van der Waals surface area contributed by atoms with Crippen molar-refractivity contribution in [3.8, 4) is 0 Å². The van der Waals surface area contributed by atoms with Gasteiger partial charge in [0.2, 0.25) is 5.91 Å². The van der Waals surface area contributed by atoms with E-state index in [-0.39, 0.29) is 36.2 Å². The van der Waals surface area contributed by atoms with Gasteiger partial charge in [0.15, 0.2) is 9.84 Å². The third-order valence-electron chi connectivity index (χ3n) is 4.04. The van der Waals surface area contributed by atoms with Crippen molar-refractivity contribution in [3.63, 3.8) is 0 Å². The van der Waals surface area contributed by atoms with Crippen molar-refractivity contribution in [1.29, 1.82) is 0 Å². The Balaban J connectivity index is 1.82. The summed E-state index contributed by atoms with van der Waals surface area (Å²) in [7, 11) is -2.96. The molecule has 1 unspecified atom stereocenters. The molecule has 20 heavy (non-hydrogen) atoms. The first-order chi connectivity index (χ1) is 9.52. The molecule has 1 amide bonds. The molecular weight excluding hydrogens is 280 g/mol. The van der Waals surface area contributed by atoms with E-state index in [0.29, 0.717) is 13.0 Å². The SMILES string of the molecule is CCN(C(=O)COC1CCNCC1)C1CCS(=O)(=O)C1. The first-order valence-electron chi connectivity index (χ1n) is 7.34. The Morgan fingerprint density at radius 2 is 2.00 bits per heavy atom. The first kappa shape index (κ1) is 15.7. The number of rotatable bonds is 5. The van der Waals surface area contributed by atoms with E-state index in [4.69, 9.17) is 4.74 Å². The molecule has 0 bridgehead atoms. The molecule has 1 N–H and O–H groups in total. The summed E-state index contributed by atoms with van der Waals surface area (Å²) in [5, 5.41) is 3.25. The van der Waals surface area contributed by atoms with Crippen molar-refractivity contribution in [1.82, 2.24) is 10.2 Å². The lowest BCUT2D eigenvalue weighted by molar-refractivity contribution is -0.140. The zero-order valence-corrected chi connectivity index (χ0v) is 12.8. The van der Waals surface area contributed by atoms with Crippen LogP contribution < -0.4 is 5.32 Å². The topological polar surface area (TPSA) is 75.7 Å². The van der Waals surface area contributed by atoms with Crippen LogP contribution in [0.5, 0.6) is 0 Å². The Labute approximate surface area is 120 Å². The summed E-state index contributed by atoms with van der Waals surface area (Å²) in [5.74, 6) is 0.199. The fraction of sp³-hybridized carbons (Fsp3) is 0.923. The molecule has 0 aromatic carbocycles. The molecule has 6 nitrogen and oxygen atoms in total. The predicted molar refractivity (Wildman–Crippen MR) is 76.3 cm³/mol. The number of amides is 1. The Hall–Kier alpha value is -0.660. The minimum absolute atomic E-state index is 0.0645. The number of likely N-dealkylation sites (N-methyl/N-ethyl adjacent to an activating group) is 1. The summed E-state index contributed by atoms with van der Waals surface area (Å²) in [4.78, 5) is 13.9. The first-order valence-corrected chi connectivity index (χ1v) is 9.16. The van der Waals surface area contributed by atoms with Gasteiger partial charge in [0.1, 0.15) is 6.61 Å². The van der Waals surface area contributed by atoms with Gasteiger partial charge >= 0.3 is 0 Å².